The standard InChI is InChI=1S/C18H19ClN2O/c19-15-3-1-12(2-4-15)17-20-21-18(22-17)16-13-6-10-5-11(8-13)9-14(16)7-10/h1-4,10-11,13-14,16H,5-9H2. The van der Waals surface area contributed by atoms with Crippen LogP contribution < -0.4 is 0 Å². The van der Waals surface area contributed by atoms with Gasteiger partial charge in [0.2, 0.25) is 11.8 Å². The van der Waals surface area contributed by atoms with Crippen molar-refractivity contribution in [2.45, 2.75) is 38.0 Å². The number of halogens is 1. The van der Waals surface area contributed by atoms with Gasteiger partial charge in [-0.1, -0.05) is 11.6 Å². The minimum absolute atomic E-state index is 0.501. The molecule has 1 aromatic heterocycles. The van der Waals surface area contributed by atoms with E-state index in [1.807, 2.05) is 24.3 Å². The molecular formula is C18H19ClN2O. The summed E-state index contributed by atoms with van der Waals surface area (Å²) in [4.78, 5) is 0. The van der Waals surface area contributed by atoms with Crippen LogP contribution in [0.4, 0.5) is 0 Å². The number of aromatic nitrogens is 2. The Hall–Kier alpha value is -1.35. The highest BCUT2D eigenvalue weighted by atomic mass is 35.5. The smallest absolute Gasteiger partial charge is 0.247 e. The lowest BCUT2D eigenvalue weighted by atomic mass is 9.52. The summed E-state index contributed by atoms with van der Waals surface area (Å²) in [5.74, 6) is 5.49. The van der Waals surface area contributed by atoms with Gasteiger partial charge in [0.1, 0.15) is 0 Å². The summed E-state index contributed by atoms with van der Waals surface area (Å²) >= 11 is 5.94. The molecule has 0 atom stereocenters. The Morgan fingerprint density at radius 1 is 0.864 bits per heavy atom. The minimum Gasteiger partial charge on any atom is -0.420 e. The summed E-state index contributed by atoms with van der Waals surface area (Å²) in [7, 11) is 0. The molecule has 0 radical (unpaired) electrons. The Labute approximate surface area is 135 Å². The van der Waals surface area contributed by atoms with E-state index in [4.69, 9.17) is 16.0 Å². The van der Waals surface area contributed by atoms with Crippen LogP contribution in [-0.4, -0.2) is 10.2 Å². The topological polar surface area (TPSA) is 38.9 Å². The van der Waals surface area contributed by atoms with Gasteiger partial charge in [-0.2, -0.15) is 0 Å². The van der Waals surface area contributed by atoms with Crippen molar-refractivity contribution in [1.82, 2.24) is 10.2 Å². The highest BCUT2D eigenvalue weighted by Gasteiger charge is 2.50. The maximum atomic E-state index is 6.07. The van der Waals surface area contributed by atoms with Crippen LogP contribution in [-0.2, 0) is 0 Å². The maximum Gasteiger partial charge on any atom is 0.247 e. The summed E-state index contributed by atoms with van der Waals surface area (Å²) in [6.07, 6.45) is 6.96. The molecule has 0 unspecified atom stereocenters. The Kier molecular flexibility index (Phi) is 2.88. The molecule has 4 saturated carbocycles. The normalized spacial score (nSPS) is 36.0. The Balaban J connectivity index is 1.46. The molecule has 1 aromatic carbocycles. The number of nitrogens with zero attached hydrogens (tertiary/aromatic N) is 2. The molecule has 4 heteroatoms. The van der Waals surface area contributed by atoms with Gasteiger partial charge < -0.3 is 4.42 Å². The Morgan fingerprint density at radius 2 is 1.50 bits per heavy atom. The first-order valence-corrected chi connectivity index (χ1v) is 8.73. The molecular weight excluding hydrogens is 296 g/mol. The molecule has 0 amide bonds. The lowest BCUT2D eigenvalue weighted by Gasteiger charge is -2.53. The molecule has 2 aromatic rings. The summed E-state index contributed by atoms with van der Waals surface area (Å²) in [6, 6.07) is 7.61. The molecule has 0 spiro atoms. The van der Waals surface area contributed by atoms with Crippen LogP contribution in [0.1, 0.15) is 43.9 Å². The van der Waals surface area contributed by atoms with Crippen LogP contribution in [0.15, 0.2) is 28.7 Å². The van der Waals surface area contributed by atoms with Gasteiger partial charge in [-0.15, -0.1) is 10.2 Å². The van der Waals surface area contributed by atoms with Crippen molar-refractivity contribution in [2.75, 3.05) is 0 Å². The van der Waals surface area contributed by atoms with Crippen LogP contribution in [0.25, 0.3) is 11.5 Å². The first-order chi connectivity index (χ1) is 10.8. The van der Waals surface area contributed by atoms with Crippen LogP contribution in [0, 0.1) is 23.7 Å². The fourth-order valence-corrected chi connectivity index (χ4v) is 5.53. The maximum absolute atomic E-state index is 6.07. The van der Waals surface area contributed by atoms with Crippen LogP contribution in [0.5, 0.6) is 0 Å². The van der Waals surface area contributed by atoms with Gasteiger partial charge in [-0.05, 0) is 80.0 Å². The van der Waals surface area contributed by atoms with E-state index < -0.39 is 0 Å². The van der Waals surface area contributed by atoms with Gasteiger partial charge in [-0.25, -0.2) is 0 Å². The third-order valence-corrected chi connectivity index (χ3v) is 6.30. The molecule has 4 aliphatic carbocycles. The lowest BCUT2D eigenvalue weighted by molar-refractivity contribution is -0.0113. The lowest BCUT2D eigenvalue weighted by Crippen LogP contribution is -2.43. The number of benzene rings is 1. The largest absolute Gasteiger partial charge is 0.420 e. The molecule has 4 bridgehead atoms. The average molecular weight is 315 g/mol. The molecule has 6 rings (SSSR count). The second-order valence-electron chi connectivity index (χ2n) is 7.41. The van der Waals surface area contributed by atoms with Gasteiger partial charge in [0.25, 0.3) is 0 Å². The van der Waals surface area contributed by atoms with Crippen molar-refractivity contribution in [3.8, 4) is 11.5 Å². The van der Waals surface area contributed by atoms with Crippen molar-refractivity contribution in [3.05, 3.63) is 35.2 Å². The monoisotopic (exact) mass is 314 g/mol. The molecule has 0 aliphatic heterocycles. The molecule has 0 N–H and O–H groups in total. The molecule has 22 heavy (non-hydrogen) atoms. The van der Waals surface area contributed by atoms with Crippen molar-refractivity contribution >= 4 is 11.6 Å². The quantitative estimate of drug-likeness (QED) is 0.789. The molecule has 0 saturated heterocycles. The zero-order chi connectivity index (χ0) is 14.7. The van der Waals surface area contributed by atoms with E-state index in [1.54, 1.807) is 0 Å². The molecule has 3 nitrogen and oxygen atoms in total. The Morgan fingerprint density at radius 3 is 2.14 bits per heavy atom. The second kappa shape index (κ2) is 4.82. The number of rotatable bonds is 2. The third kappa shape index (κ3) is 2.02. The highest BCUT2D eigenvalue weighted by Crippen LogP contribution is 2.59. The molecule has 4 fully saturated rings. The van der Waals surface area contributed by atoms with Crippen LogP contribution >= 0.6 is 11.6 Å². The van der Waals surface area contributed by atoms with Gasteiger partial charge in [-0.3, -0.25) is 0 Å². The predicted octanol–water partition coefficient (Wildman–Crippen LogP) is 4.93. The second-order valence-corrected chi connectivity index (χ2v) is 7.85. The Bertz CT molecular complexity index is 665. The first-order valence-electron chi connectivity index (χ1n) is 8.35. The van der Waals surface area contributed by atoms with E-state index in [-0.39, 0.29) is 0 Å². The van der Waals surface area contributed by atoms with Crippen LogP contribution in [0.3, 0.4) is 0 Å². The summed E-state index contributed by atoms with van der Waals surface area (Å²) < 4.78 is 6.07. The molecule has 4 aliphatic rings. The van der Waals surface area contributed by atoms with Gasteiger partial charge >= 0.3 is 0 Å². The zero-order valence-corrected chi connectivity index (χ0v) is 13.2. The van der Waals surface area contributed by atoms with Crippen molar-refractivity contribution in [1.29, 1.82) is 0 Å². The van der Waals surface area contributed by atoms with E-state index in [0.717, 1.165) is 40.1 Å². The fraction of sp³-hybridized carbons (Fsp3) is 0.556. The minimum atomic E-state index is 0.501. The van der Waals surface area contributed by atoms with E-state index in [0.29, 0.717) is 11.8 Å². The molecule has 1 heterocycles. The van der Waals surface area contributed by atoms with E-state index >= 15 is 0 Å². The zero-order valence-electron chi connectivity index (χ0n) is 12.4. The SMILES string of the molecule is Clc1ccc(-c2nnc(C3C4CC5CC(C4)CC3C5)o2)cc1. The highest BCUT2D eigenvalue weighted by molar-refractivity contribution is 6.30. The van der Waals surface area contributed by atoms with E-state index in [2.05, 4.69) is 10.2 Å². The first kappa shape index (κ1) is 13.1. The summed E-state index contributed by atoms with van der Waals surface area (Å²) in [5, 5.41) is 9.43. The summed E-state index contributed by atoms with van der Waals surface area (Å²) in [6.45, 7) is 0. The fourth-order valence-electron chi connectivity index (χ4n) is 5.41. The van der Waals surface area contributed by atoms with Crippen molar-refractivity contribution in [2.24, 2.45) is 23.7 Å². The van der Waals surface area contributed by atoms with Crippen molar-refractivity contribution in [3.63, 3.8) is 0 Å². The number of hydrogen-bond donors (Lipinski definition) is 0. The van der Waals surface area contributed by atoms with E-state index in [9.17, 15) is 0 Å². The van der Waals surface area contributed by atoms with Gasteiger partial charge in [0.05, 0.1) is 0 Å². The number of hydrogen-bond acceptors (Lipinski definition) is 3. The van der Waals surface area contributed by atoms with Crippen LogP contribution in [0.2, 0.25) is 5.02 Å². The third-order valence-electron chi connectivity index (χ3n) is 6.04. The van der Waals surface area contributed by atoms with E-state index in [1.165, 1.54) is 32.1 Å². The van der Waals surface area contributed by atoms with Gasteiger partial charge in [0.15, 0.2) is 0 Å². The average Bonchev–Trinajstić information content (AvgIpc) is 2.96. The molecule has 114 valence electrons. The summed E-state index contributed by atoms with van der Waals surface area (Å²) in [5.41, 5.74) is 0.951. The predicted molar refractivity (Wildman–Crippen MR) is 84.5 cm³/mol. The van der Waals surface area contributed by atoms with Gasteiger partial charge in [0, 0.05) is 16.5 Å². The van der Waals surface area contributed by atoms with Crippen molar-refractivity contribution < 1.29 is 4.42 Å².